The van der Waals surface area contributed by atoms with Crippen LogP contribution >= 0.6 is 27.5 Å². The van der Waals surface area contributed by atoms with Crippen LogP contribution in [0.2, 0.25) is 10.5 Å². The Kier molecular flexibility index (Phi) is 6.66. The number of carbonyl (C=O) groups excluding carboxylic acids is 1. The lowest BCUT2D eigenvalue weighted by molar-refractivity contribution is -0.115. The van der Waals surface area contributed by atoms with Gasteiger partial charge >= 0.3 is 0 Å². The largest absolute Gasteiger partial charge is 0.294 e. The Bertz CT molecular complexity index is 708. The van der Waals surface area contributed by atoms with Crippen LogP contribution in [-0.2, 0) is 4.79 Å². The molecule has 5 heteroatoms. The van der Waals surface area contributed by atoms with Gasteiger partial charge in [0.2, 0.25) is 0 Å². The highest BCUT2D eigenvalue weighted by molar-refractivity contribution is 9.12. The first-order valence-electron chi connectivity index (χ1n) is 9.98. The van der Waals surface area contributed by atoms with E-state index in [0.717, 1.165) is 17.6 Å². The quantitative estimate of drug-likeness (QED) is 0.386. The van der Waals surface area contributed by atoms with Crippen molar-refractivity contribution in [1.82, 2.24) is 4.98 Å². The molecule has 26 heavy (non-hydrogen) atoms. The second-order valence-electron chi connectivity index (χ2n) is 8.32. The molecule has 1 saturated carbocycles. The Labute approximate surface area is 171 Å². The molecule has 0 amide bonds. The van der Waals surface area contributed by atoms with Gasteiger partial charge in [0.15, 0.2) is 5.78 Å². The predicted molar refractivity (Wildman–Crippen MR) is 116 cm³/mol. The van der Waals surface area contributed by atoms with Crippen molar-refractivity contribution in [2.75, 3.05) is 0 Å². The third-order valence-corrected chi connectivity index (χ3v) is 7.75. The topological polar surface area (TPSA) is 30.0 Å². The van der Waals surface area contributed by atoms with Crippen molar-refractivity contribution in [3.8, 4) is 0 Å². The van der Waals surface area contributed by atoms with Gasteiger partial charge in [0, 0.05) is 18.2 Å². The van der Waals surface area contributed by atoms with Crippen LogP contribution in [-0.4, -0.2) is 18.6 Å². The zero-order chi connectivity index (χ0) is 18.7. The van der Waals surface area contributed by atoms with E-state index in [-0.39, 0.29) is 11.1 Å². The lowest BCUT2D eigenvalue weighted by Crippen LogP contribution is -2.26. The molecule has 2 aliphatic carbocycles. The summed E-state index contributed by atoms with van der Waals surface area (Å²) in [5.74, 6) is 0.565. The summed E-state index contributed by atoms with van der Waals surface area (Å²) in [5.41, 5.74) is 3.36. The summed E-state index contributed by atoms with van der Waals surface area (Å²) in [6.45, 7) is 2.02. The number of hydrogen-bond acceptors (Lipinski definition) is 2. The molecule has 0 aromatic carbocycles. The van der Waals surface area contributed by atoms with Crippen LogP contribution in [0.25, 0.3) is 5.57 Å². The molecule has 1 atom stereocenters. The van der Waals surface area contributed by atoms with Crippen LogP contribution in [0.4, 0.5) is 0 Å². The van der Waals surface area contributed by atoms with E-state index in [2.05, 4.69) is 34.8 Å². The number of ketones is 1. The molecule has 140 valence electrons. The zero-order valence-corrected chi connectivity index (χ0v) is 18.3. The summed E-state index contributed by atoms with van der Waals surface area (Å²) in [4.78, 5) is 16.9. The van der Waals surface area contributed by atoms with E-state index in [0.29, 0.717) is 22.0 Å². The number of carbonyl (C=O) groups is 1. The second-order valence-corrected chi connectivity index (χ2v) is 9.50. The molecule has 1 aromatic heterocycles. The Morgan fingerprint density at radius 3 is 2.46 bits per heavy atom. The number of hydrogen-bond donors (Lipinski definition) is 0. The zero-order valence-electron chi connectivity index (χ0n) is 15.9. The van der Waals surface area contributed by atoms with E-state index in [1.54, 1.807) is 0 Å². The third kappa shape index (κ3) is 4.27. The minimum Gasteiger partial charge on any atom is -0.294 e. The summed E-state index contributed by atoms with van der Waals surface area (Å²) in [5, 5.41) is 0.768. The molecule has 0 N–H and O–H groups in total. The van der Waals surface area contributed by atoms with Crippen molar-refractivity contribution >= 4 is 46.7 Å². The van der Waals surface area contributed by atoms with E-state index >= 15 is 0 Å². The third-order valence-electron chi connectivity index (χ3n) is 6.50. The van der Waals surface area contributed by atoms with E-state index < -0.39 is 0 Å². The standard InChI is InChI=1S/C21H28BBrClNO/c1-14-16-13-25-19(24)12-15(16)17(8-9-18(26)20(14)23)21(22)10-6-4-2-3-5-7-11-21/h12-13,17H,2-11,22H2,1H3/b20-14+. The monoisotopic (exact) mass is 435 g/mol. The Hall–Kier alpha value is -0.605. The fourth-order valence-electron chi connectivity index (χ4n) is 4.88. The fourth-order valence-corrected chi connectivity index (χ4v) is 5.45. The minimum absolute atomic E-state index is 0.208. The van der Waals surface area contributed by atoms with Crippen LogP contribution in [0, 0.1) is 0 Å². The number of pyridine rings is 1. The lowest BCUT2D eigenvalue weighted by Gasteiger charge is -2.40. The van der Waals surface area contributed by atoms with Gasteiger partial charge in [-0.2, -0.15) is 0 Å². The smallest absolute Gasteiger partial charge is 0.170 e. The molecular weight excluding hydrogens is 408 g/mol. The second kappa shape index (κ2) is 8.60. The number of aromatic nitrogens is 1. The van der Waals surface area contributed by atoms with Crippen molar-refractivity contribution in [1.29, 1.82) is 0 Å². The molecule has 2 nitrogen and oxygen atoms in total. The van der Waals surface area contributed by atoms with Gasteiger partial charge in [-0.15, -0.1) is 0 Å². The number of Topliss-reactive ketones (excluding diaryl/α,β-unsaturated/α-hetero) is 1. The molecule has 1 fully saturated rings. The molecule has 2 aliphatic rings. The normalized spacial score (nSPS) is 27.5. The van der Waals surface area contributed by atoms with Crippen LogP contribution in [0.5, 0.6) is 0 Å². The van der Waals surface area contributed by atoms with Crippen LogP contribution in [0.3, 0.4) is 0 Å². The van der Waals surface area contributed by atoms with Crippen molar-refractivity contribution < 1.29 is 4.79 Å². The van der Waals surface area contributed by atoms with Gasteiger partial charge in [-0.25, -0.2) is 4.98 Å². The fraction of sp³-hybridized carbons (Fsp3) is 0.619. The first-order valence-corrected chi connectivity index (χ1v) is 11.1. The van der Waals surface area contributed by atoms with Gasteiger partial charge in [-0.05, 0) is 52.4 Å². The number of halogens is 2. The van der Waals surface area contributed by atoms with Crippen molar-refractivity contribution in [2.45, 2.75) is 82.4 Å². The highest BCUT2D eigenvalue weighted by atomic mass is 79.9. The molecule has 0 spiro atoms. The van der Waals surface area contributed by atoms with Crippen LogP contribution < -0.4 is 0 Å². The maximum atomic E-state index is 12.6. The molecule has 3 rings (SSSR count). The summed E-state index contributed by atoms with van der Waals surface area (Å²) in [7, 11) is 2.45. The highest BCUT2D eigenvalue weighted by Crippen LogP contribution is 2.53. The molecule has 0 bridgehead atoms. The van der Waals surface area contributed by atoms with Crippen LogP contribution in [0.1, 0.15) is 88.2 Å². The highest BCUT2D eigenvalue weighted by Gasteiger charge is 2.37. The minimum atomic E-state index is 0.208. The van der Waals surface area contributed by atoms with Gasteiger partial charge in [0.1, 0.15) is 13.0 Å². The molecular formula is C21H28BBrClNO. The van der Waals surface area contributed by atoms with Crippen molar-refractivity contribution in [2.24, 2.45) is 0 Å². The van der Waals surface area contributed by atoms with Gasteiger partial charge in [-0.1, -0.05) is 68.3 Å². The van der Waals surface area contributed by atoms with Crippen LogP contribution in [0.15, 0.2) is 16.7 Å². The van der Waals surface area contributed by atoms with Gasteiger partial charge in [0.05, 0.1) is 4.48 Å². The average molecular weight is 437 g/mol. The Balaban J connectivity index is 2.08. The van der Waals surface area contributed by atoms with Gasteiger partial charge in [-0.3, -0.25) is 4.79 Å². The number of allylic oxidation sites excluding steroid dienone is 2. The first kappa shape index (κ1) is 20.1. The SMILES string of the molecule is BC1(C2CCC(=O)/C(Br)=C(/C)c3cnc(Cl)cc32)CCCCCCCC1. The average Bonchev–Trinajstić information content (AvgIpc) is 2.72. The summed E-state index contributed by atoms with van der Waals surface area (Å²) in [6, 6.07) is 2.05. The lowest BCUT2D eigenvalue weighted by atomic mass is 9.52. The number of nitrogens with zero attached hydrogens (tertiary/aromatic N) is 1. The Morgan fingerprint density at radius 1 is 1.19 bits per heavy atom. The molecule has 0 saturated heterocycles. The molecule has 1 aromatic rings. The van der Waals surface area contributed by atoms with E-state index in [9.17, 15) is 4.79 Å². The number of fused-ring (bicyclic) bond motifs is 1. The molecule has 1 unspecified atom stereocenters. The van der Waals surface area contributed by atoms with E-state index in [1.165, 1.54) is 56.9 Å². The van der Waals surface area contributed by atoms with Gasteiger partial charge in [0.25, 0.3) is 0 Å². The van der Waals surface area contributed by atoms with E-state index in [1.807, 2.05) is 13.1 Å². The van der Waals surface area contributed by atoms with Crippen molar-refractivity contribution in [3.63, 3.8) is 0 Å². The summed E-state index contributed by atoms with van der Waals surface area (Å²) >= 11 is 9.84. The molecule has 0 radical (unpaired) electrons. The molecule has 1 heterocycles. The maximum Gasteiger partial charge on any atom is 0.170 e. The summed E-state index contributed by atoms with van der Waals surface area (Å²) in [6.07, 6.45) is 13.8. The maximum absolute atomic E-state index is 12.6. The first-order chi connectivity index (χ1) is 12.4. The van der Waals surface area contributed by atoms with Gasteiger partial charge < -0.3 is 0 Å². The number of rotatable bonds is 1. The Morgan fingerprint density at radius 2 is 1.81 bits per heavy atom. The van der Waals surface area contributed by atoms with Crippen molar-refractivity contribution in [3.05, 3.63) is 33.0 Å². The predicted octanol–water partition coefficient (Wildman–Crippen LogP) is 6.23. The molecule has 0 aliphatic heterocycles. The summed E-state index contributed by atoms with van der Waals surface area (Å²) < 4.78 is 0.695. The van der Waals surface area contributed by atoms with E-state index in [4.69, 9.17) is 11.6 Å².